The van der Waals surface area contributed by atoms with Crippen molar-refractivity contribution in [2.24, 2.45) is 0 Å². The number of fused-ring (bicyclic) bond motifs is 2. The van der Waals surface area contributed by atoms with Gasteiger partial charge in [-0.15, -0.1) is 0 Å². The number of pyridine rings is 1. The van der Waals surface area contributed by atoms with Crippen LogP contribution in [-0.2, 0) is 16.9 Å². The van der Waals surface area contributed by atoms with Crippen molar-refractivity contribution in [2.45, 2.75) is 12.1 Å². The monoisotopic (exact) mass is 473 g/mol. The van der Waals surface area contributed by atoms with E-state index in [4.69, 9.17) is 9.15 Å². The zero-order valence-electron chi connectivity index (χ0n) is 18.4. The molecule has 0 unspecified atom stereocenters. The fourth-order valence-corrected chi connectivity index (χ4v) is 4.51. The summed E-state index contributed by atoms with van der Waals surface area (Å²) in [5.74, 6) is 0.179. The van der Waals surface area contributed by atoms with Gasteiger partial charge in [-0.2, -0.15) is 5.10 Å². The third kappa shape index (κ3) is 3.26. The Morgan fingerprint density at radius 2 is 2.11 bits per heavy atom. The summed E-state index contributed by atoms with van der Waals surface area (Å²) in [6.07, 6.45) is 4.65. The van der Waals surface area contributed by atoms with Crippen LogP contribution < -0.4 is 20.7 Å². The SMILES string of the molecule is COc1ccc2c(c1)C(=O)N(C[C@@]1(c3coc4ccc(Nc5cn[nH]c5)nc34)NC(=O)NC1=O)C2. The Bertz CT molecular complexity index is 1500. The summed E-state index contributed by atoms with van der Waals surface area (Å²) in [7, 11) is 1.53. The van der Waals surface area contributed by atoms with Crippen LogP contribution in [-0.4, -0.2) is 51.6 Å². The quantitative estimate of drug-likeness (QED) is 0.310. The van der Waals surface area contributed by atoms with Gasteiger partial charge in [-0.25, -0.2) is 9.78 Å². The molecule has 6 rings (SSSR count). The minimum atomic E-state index is -1.59. The first kappa shape index (κ1) is 20.7. The number of imide groups is 1. The van der Waals surface area contributed by atoms with E-state index in [2.05, 4.69) is 31.1 Å². The second-order valence-electron chi connectivity index (χ2n) is 8.30. The summed E-state index contributed by atoms with van der Waals surface area (Å²) >= 11 is 0. The molecule has 12 heteroatoms. The van der Waals surface area contributed by atoms with E-state index < -0.39 is 17.5 Å². The molecule has 1 saturated heterocycles. The molecule has 0 bridgehead atoms. The Morgan fingerprint density at radius 3 is 2.86 bits per heavy atom. The van der Waals surface area contributed by atoms with Crippen molar-refractivity contribution < 1.29 is 23.5 Å². The summed E-state index contributed by atoms with van der Waals surface area (Å²) in [5.41, 5.74) is 1.54. The topological polar surface area (TPSA) is 154 Å². The number of carbonyl (C=O) groups is 3. The molecule has 1 aromatic carbocycles. The lowest BCUT2D eigenvalue weighted by molar-refractivity contribution is -0.124. The predicted molar refractivity (Wildman–Crippen MR) is 122 cm³/mol. The van der Waals surface area contributed by atoms with Crippen LogP contribution in [0.2, 0.25) is 0 Å². The molecule has 4 N–H and O–H groups in total. The number of H-pyrrole nitrogens is 1. The van der Waals surface area contributed by atoms with E-state index in [0.717, 1.165) is 5.56 Å². The van der Waals surface area contributed by atoms with Gasteiger partial charge in [0.2, 0.25) is 0 Å². The average molecular weight is 473 g/mol. The first-order valence-corrected chi connectivity index (χ1v) is 10.7. The van der Waals surface area contributed by atoms with E-state index in [0.29, 0.717) is 39.5 Å². The Hall–Kier alpha value is -4.87. The molecule has 35 heavy (non-hydrogen) atoms. The molecule has 5 heterocycles. The predicted octanol–water partition coefficient (Wildman–Crippen LogP) is 1.99. The van der Waals surface area contributed by atoms with Gasteiger partial charge >= 0.3 is 6.03 Å². The number of rotatable bonds is 6. The van der Waals surface area contributed by atoms with Crippen molar-refractivity contribution in [1.29, 1.82) is 0 Å². The van der Waals surface area contributed by atoms with E-state index >= 15 is 0 Å². The first-order valence-electron chi connectivity index (χ1n) is 10.7. The van der Waals surface area contributed by atoms with Crippen molar-refractivity contribution >= 4 is 40.5 Å². The van der Waals surface area contributed by atoms with Crippen molar-refractivity contribution in [2.75, 3.05) is 19.0 Å². The smallest absolute Gasteiger partial charge is 0.322 e. The molecule has 176 valence electrons. The van der Waals surface area contributed by atoms with Gasteiger partial charge in [0.25, 0.3) is 11.8 Å². The van der Waals surface area contributed by atoms with Gasteiger partial charge in [-0.3, -0.25) is 20.0 Å². The molecule has 1 fully saturated rings. The molecule has 4 aromatic rings. The number of anilines is 2. The highest BCUT2D eigenvalue weighted by atomic mass is 16.5. The van der Waals surface area contributed by atoms with E-state index in [-0.39, 0.29) is 19.0 Å². The number of hydrogen-bond donors (Lipinski definition) is 4. The first-order chi connectivity index (χ1) is 17.0. The van der Waals surface area contributed by atoms with Gasteiger partial charge in [0.1, 0.15) is 17.1 Å². The number of aromatic amines is 1. The van der Waals surface area contributed by atoms with E-state index in [9.17, 15) is 14.4 Å². The fraction of sp³-hybridized carbons (Fsp3) is 0.174. The number of methoxy groups -OCH3 is 1. The van der Waals surface area contributed by atoms with E-state index in [1.54, 1.807) is 36.7 Å². The van der Waals surface area contributed by atoms with Crippen LogP contribution in [0.4, 0.5) is 16.3 Å². The van der Waals surface area contributed by atoms with E-state index in [1.165, 1.54) is 18.3 Å². The van der Waals surface area contributed by atoms with Gasteiger partial charge in [-0.1, -0.05) is 6.07 Å². The average Bonchev–Trinajstić information content (AvgIpc) is 3.62. The van der Waals surface area contributed by atoms with Crippen LogP contribution in [0.25, 0.3) is 11.1 Å². The number of aromatic nitrogens is 3. The second kappa shape index (κ2) is 7.58. The summed E-state index contributed by atoms with van der Waals surface area (Å²) in [4.78, 5) is 44.9. The lowest BCUT2D eigenvalue weighted by Gasteiger charge is -2.30. The molecule has 0 spiro atoms. The van der Waals surface area contributed by atoms with Crippen molar-refractivity contribution in [1.82, 2.24) is 30.7 Å². The molecule has 2 aliphatic heterocycles. The zero-order valence-corrected chi connectivity index (χ0v) is 18.4. The molecule has 4 amide bonds. The normalized spacial score (nSPS) is 19.1. The molecular formula is C23H19N7O5. The highest BCUT2D eigenvalue weighted by molar-refractivity contribution is 6.09. The second-order valence-corrected chi connectivity index (χ2v) is 8.30. The van der Waals surface area contributed by atoms with Crippen molar-refractivity contribution in [3.05, 3.63) is 65.7 Å². The number of furan rings is 1. The Labute approximate surface area is 197 Å². The lowest BCUT2D eigenvalue weighted by atomic mass is 9.90. The Balaban J connectivity index is 1.40. The fourth-order valence-electron chi connectivity index (χ4n) is 4.51. The number of ether oxygens (including phenoxy) is 1. The molecule has 0 aliphatic carbocycles. The molecule has 12 nitrogen and oxygen atoms in total. The maximum absolute atomic E-state index is 13.2. The molecule has 0 radical (unpaired) electrons. The van der Waals surface area contributed by atoms with Crippen molar-refractivity contribution in [3.8, 4) is 5.75 Å². The molecule has 3 aromatic heterocycles. The number of nitrogens with one attached hydrogen (secondary N) is 4. The zero-order chi connectivity index (χ0) is 24.2. The van der Waals surface area contributed by atoms with Crippen LogP contribution in [0.15, 0.2) is 53.4 Å². The van der Waals surface area contributed by atoms with E-state index in [1.807, 2.05) is 6.07 Å². The number of hydrogen-bond acceptors (Lipinski definition) is 8. The minimum absolute atomic E-state index is 0.115. The number of benzene rings is 1. The standard InChI is InChI=1S/C23H19N7O5/c1-34-14-3-2-12-9-30(20(31)15(12)6-14)11-23(21(32)28-22(33)29-23)16-10-35-17-4-5-18(27-19(16)17)26-13-7-24-25-8-13/h2-8,10H,9,11H2,1H3,(H,24,25)(H,26,27)(H2,28,29,32,33)/t23-/m0/s1. The van der Waals surface area contributed by atoms with Gasteiger partial charge in [-0.05, 0) is 29.8 Å². The van der Waals surface area contributed by atoms with Crippen LogP contribution >= 0.6 is 0 Å². The number of amides is 4. The number of nitrogens with zero attached hydrogens (tertiary/aromatic N) is 3. The summed E-state index contributed by atoms with van der Waals surface area (Å²) in [5, 5.41) is 14.7. The van der Waals surface area contributed by atoms with Crippen LogP contribution in [0.3, 0.4) is 0 Å². The highest BCUT2D eigenvalue weighted by Gasteiger charge is 2.52. The van der Waals surface area contributed by atoms with Gasteiger partial charge in [0.15, 0.2) is 11.1 Å². The summed E-state index contributed by atoms with van der Waals surface area (Å²) in [6.45, 7) is 0.162. The van der Waals surface area contributed by atoms with Crippen LogP contribution in [0, 0.1) is 0 Å². The van der Waals surface area contributed by atoms with Crippen LogP contribution in [0.1, 0.15) is 21.5 Å². The molecule has 2 aliphatic rings. The highest BCUT2D eigenvalue weighted by Crippen LogP contribution is 2.36. The lowest BCUT2D eigenvalue weighted by Crippen LogP contribution is -2.52. The van der Waals surface area contributed by atoms with Gasteiger partial charge < -0.3 is 24.7 Å². The Morgan fingerprint density at radius 1 is 1.23 bits per heavy atom. The number of carbonyl (C=O) groups excluding carboxylic acids is 3. The van der Waals surface area contributed by atoms with Crippen LogP contribution in [0.5, 0.6) is 5.75 Å². The maximum Gasteiger partial charge on any atom is 0.322 e. The third-order valence-electron chi connectivity index (χ3n) is 6.21. The van der Waals surface area contributed by atoms with Gasteiger partial charge in [0, 0.05) is 18.3 Å². The van der Waals surface area contributed by atoms with Crippen molar-refractivity contribution in [3.63, 3.8) is 0 Å². The molecule has 0 saturated carbocycles. The third-order valence-corrected chi connectivity index (χ3v) is 6.21. The minimum Gasteiger partial charge on any atom is -0.497 e. The summed E-state index contributed by atoms with van der Waals surface area (Å²) < 4.78 is 10.9. The maximum atomic E-state index is 13.2. The summed E-state index contributed by atoms with van der Waals surface area (Å²) in [6, 6.07) is 8.02. The largest absolute Gasteiger partial charge is 0.497 e. The number of urea groups is 1. The Kier molecular flexibility index (Phi) is 4.49. The molecular weight excluding hydrogens is 454 g/mol. The van der Waals surface area contributed by atoms with Gasteiger partial charge in [0.05, 0.1) is 37.4 Å². The molecule has 1 atom stereocenters.